The average Bonchev–Trinajstić information content (AvgIpc) is 2.73. The summed E-state index contributed by atoms with van der Waals surface area (Å²) in [5, 5.41) is 0. The first kappa shape index (κ1) is 15.6. The van der Waals surface area contributed by atoms with E-state index in [1.54, 1.807) is 0 Å². The number of hydrogen-bond acceptors (Lipinski definition) is 0. The zero-order valence-corrected chi connectivity index (χ0v) is 13.3. The largest absolute Gasteiger partial charge is 2.00 e. The summed E-state index contributed by atoms with van der Waals surface area (Å²) in [4.78, 5) is 0. The Kier molecular flexibility index (Phi) is 6.83. The fourth-order valence-corrected chi connectivity index (χ4v) is 1.60. The van der Waals surface area contributed by atoms with E-state index in [0.717, 1.165) is 0 Å². The van der Waals surface area contributed by atoms with Gasteiger partial charge < -0.3 is 0 Å². The fraction of sp³-hybridized carbons (Fsp3) is 0.333. The number of hydrogen-bond donors (Lipinski definition) is 0. The van der Waals surface area contributed by atoms with Gasteiger partial charge in [0.2, 0.25) is 0 Å². The van der Waals surface area contributed by atoms with Gasteiger partial charge in [-0.3, -0.25) is 0 Å². The standard InChI is InChI=1S/C9H13.C6H7.Zr/c1-6-5-7(2)9(4)8(6)3;1-6-4-2-3-5-6;/h5H,1-4H3;2-5H,1H3;/q2*-1;+2. The first-order valence-electron chi connectivity index (χ1n) is 5.40. The van der Waals surface area contributed by atoms with E-state index in [2.05, 4.69) is 52.8 Å². The van der Waals surface area contributed by atoms with Crippen LogP contribution in [0.25, 0.3) is 0 Å². The van der Waals surface area contributed by atoms with Gasteiger partial charge in [0.05, 0.1) is 0 Å². The van der Waals surface area contributed by atoms with Crippen molar-refractivity contribution in [2.75, 3.05) is 0 Å². The Hall–Kier alpha value is -0.417. The minimum absolute atomic E-state index is 0. The Morgan fingerprint density at radius 3 is 1.88 bits per heavy atom. The van der Waals surface area contributed by atoms with Gasteiger partial charge in [-0.2, -0.15) is 46.5 Å². The van der Waals surface area contributed by atoms with Crippen molar-refractivity contribution in [3.8, 4) is 0 Å². The second-order valence-corrected chi connectivity index (χ2v) is 4.22. The van der Waals surface area contributed by atoms with Gasteiger partial charge in [0.15, 0.2) is 0 Å². The molecule has 0 atom stereocenters. The van der Waals surface area contributed by atoms with Crippen molar-refractivity contribution in [1.82, 2.24) is 0 Å². The molecule has 2 aromatic rings. The van der Waals surface area contributed by atoms with Gasteiger partial charge in [-0.25, -0.2) is 11.6 Å². The molecule has 0 heterocycles. The molecule has 0 unspecified atom stereocenters. The zero-order chi connectivity index (χ0) is 11.4. The third-order valence-corrected chi connectivity index (χ3v) is 3.01. The molecule has 2 rings (SSSR count). The van der Waals surface area contributed by atoms with Gasteiger partial charge in [-0.15, -0.1) is 0 Å². The summed E-state index contributed by atoms with van der Waals surface area (Å²) in [6, 6.07) is 10.5. The molecule has 0 fully saturated rings. The van der Waals surface area contributed by atoms with Gasteiger partial charge in [0.25, 0.3) is 0 Å². The number of aryl methyl sites for hydroxylation is 3. The Balaban J connectivity index is 0.000000283. The normalized spacial score (nSPS) is 9.06. The van der Waals surface area contributed by atoms with E-state index >= 15 is 0 Å². The van der Waals surface area contributed by atoms with E-state index in [9.17, 15) is 0 Å². The molecule has 0 saturated carbocycles. The molecule has 0 N–H and O–H groups in total. The monoisotopic (exact) mass is 290 g/mol. The Morgan fingerprint density at radius 1 is 1.12 bits per heavy atom. The van der Waals surface area contributed by atoms with Crippen LogP contribution in [-0.2, 0) is 26.2 Å². The van der Waals surface area contributed by atoms with E-state index in [4.69, 9.17) is 0 Å². The second kappa shape index (κ2) is 7.02. The van der Waals surface area contributed by atoms with Gasteiger partial charge in [0.1, 0.15) is 0 Å². The van der Waals surface area contributed by atoms with Crippen molar-refractivity contribution in [3.63, 3.8) is 0 Å². The second-order valence-electron chi connectivity index (χ2n) is 4.22. The maximum absolute atomic E-state index is 2.24. The van der Waals surface area contributed by atoms with Crippen molar-refractivity contribution in [1.29, 1.82) is 0 Å². The summed E-state index contributed by atoms with van der Waals surface area (Å²) in [5.41, 5.74) is 7.09. The van der Waals surface area contributed by atoms with Crippen molar-refractivity contribution in [3.05, 3.63) is 58.1 Å². The molecule has 0 bridgehead atoms. The van der Waals surface area contributed by atoms with Crippen LogP contribution in [0.1, 0.15) is 27.8 Å². The molecular formula is C15H20Zr. The summed E-state index contributed by atoms with van der Waals surface area (Å²) < 4.78 is 0. The van der Waals surface area contributed by atoms with Gasteiger partial charge >= 0.3 is 26.2 Å². The summed E-state index contributed by atoms with van der Waals surface area (Å²) in [5.74, 6) is 0. The average molecular weight is 292 g/mol. The third-order valence-electron chi connectivity index (χ3n) is 3.01. The molecule has 16 heavy (non-hydrogen) atoms. The molecular weight excluding hydrogens is 271 g/mol. The van der Waals surface area contributed by atoms with Crippen LogP contribution < -0.4 is 0 Å². The van der Waals surface area contributed by atoms with Crippen molar-refractivity contribution in [2.24, 2.45) is 0 Å². The van der Waals surface area contributed by atoms with Crippen LogP contribution in [0.5, 0.6) is 0 Å². The van der Waals surface area contributed by atoms with Crippen LogP contribution in [0.2, 0.25) is 0 Å². The SMILES string of the molecule is Cc1c[c-](C)c(C)c1C.Cc1cc[cH-]c1.[Zr+2]. The van der Waals surface area contributed by atoms with E-state index in [0.29, 0.717) is 0 Å². The summed E-state index contributed by atoms with van der Waals surface area (Å²) >= 11 is 0. The van der Waals surface area contributed by atoms with Crippen molar-refractivity contribution >= 4 is 0 Å². The maximum atomic E-state index is 2.24. The third kappa shape index (κ3) is 4.22. The summed E-state index contributed by atoms with van der Waals surface area (Å²) in [7, 11) is 0. The smallest absolute Gasteiger partial charge is 0.211 e. The molecule has 0 aliphatic carbocycles. The Bertz CT molecular complexity index is 382. The van der Waals surface area contributed by atoms with Gasteiger partial charge in [0, 0.05) is 0 Å². The predicted molar refractivity (Wildman–Crippen MR) is 67.8 cm³/mol. The molecule has 0 amide bonds. The van der Waals surface area contributed by atoms with Crippen molar-refractivity contribution in [2.45, 2.75) is 34.6 Å². The molecule has 1 heteroatoms. The van der Waals surface area contributed by atoms with Gasteiger partial charge in [-0.1, -0.05) is 34.6 Å². The number of rotatable bonds is 0. The van der Waals surface area contributed by atoms with Crippen LogP contribution >= 0.6 is 0 Å². The first-order valence-corrected chi connectivity index (χ1v) is 5.40. The molecule has 0 nitrogen and oxygen atoms in total. The molecule has 0 aliphatic heterocycles. The van der Waals surface area contributed by atoms with Crippen LogP contribution in [0.3, 0.4) is 0 Å². The van der Waals surface area contributed by atoms with E-state index in [-0.39, 0.29) is 26.2 Å². The molecule has 0 aliphatic rings. The van der Waals surface area contributed by atoms with Crippen LogP contribution in [-0.4, -0.2) is 0 Å². The summed E-state index contributed by atoms with van der Waals surface area (Å²) in [6.45, 7) is 10.8. The van der Waals surface area contributed by atoms with Crippen LogP contribution in [0, 0.1) is 34.6 Å². The quantitative estimate of drug-likeness (QED) is 0.633. The molecule has 2 aromatic carbocycles. The molecule has 0 radical (unpaired) electrons. The minimum Gasteiger partial charge on any atom is -0.211 e. The van der Waals surface area contributed by atoms with Gasteiger partial charge in [-0.05, 0) is 0 Å². The fourth-order valence-electron chi connectivity index (χ4n) is 1.60. The summed E-state index contributed by atoms with van der Waals surface area (Å²) in [6.07, 6.45) is 0. The minimum atomic E-state index is 0. The first-order chi connectivity index (χ1) is 7.02. The molecule has 0 saturated heterocycles. The van der Waals surface area contributed by atoms with Crippen molar-refractivity contribution < 1.29 is 26.2 Å². The molecule has 0 aromatic heterocycles. The molecule has 0 spiro atoms. The van der Waals surface area contributed by atoms with E-state index in [1.165, 1.54) is 27.8 Å². The predicted octanol–water partition coefficient (Wildman–Crippen LogP) is 4.35. The van der Waals surface area contributed by atoms with Crippen LogP contribution in [0.4, 0.5) is 0 Å². The van der Waals surface area contributed by atoms with Crippen LogP contribution in [0.15, 0.2) is 30.3 Å². The Morgan fingerprint density at radius 2 is 1.75 bits per heavy atom. The van der Waals surface area contributed by atoms with E-state index in [1.807, 2.05) is 12.1 Å². The molecule has 84 valence electrons. The zero-order valence-electron chi connectivity index (χ0n) is 10.9. The topological polar surface area (TPSA) is 0 Å². The Labute approximate surface area is 119 Å². The maximum Gasteiger partial charge on any atom is 2.00 e. The van der Waals surface area contributed by atoms with E-state index < -0.39 is 0 Å².